The van der Waals surface area contributed by atoms with Gasteiger partial charge in [0.05, 0.1) is 12.7 Å². The average molecular weight is 409 g/mol. The monoisotopic (exact) mass is 408 g/mol. The minimum absolute atomic E-state index is 0.481. The zero-order valence-corrected chi connectivity index (χ0v) is 19.4. The molecule has 1 saturated carbocycles. The third kappa shape index (κ3) is 6.16. The van der Waals surface area contributed by atoms with E-state index < -0.39 is 0 Å². The number of hydrogen-bond acceptors (Lipinski definition) is 3. The molecule has 2 fully saturated rings. The van der Waals surface area contributed by atoms with E-state index in [-0.39, 0.29) is 0 Å². The summed E-state index contributed by atoms with van der Waals surface area (Å²) in [5.41, 5.74) is 5.26. The maximum atomic E-state index is 6.03. The first kappa shape index (κ1) is 23.0. The number of piperazine rings is 1. The van der Waals surface area contributed by atoms with Gasteiger partial charge in [-0.15, -0.1) is 0 Å². The molecule has 0 aromatic heterocycles. The largest absolute Gasteiger partial charge is 0.374 e. The number of likely N-dealkylation sites (N-methyl/N-ethyl adjacent to an activating group) is 1. The number of nitrogens with zero attached hydrogens (tertiary/aromatic N) is 2. The summed E-state index contributed by atoms with van der Waals surface area (Å²) in [7, 11) is 2.21. The molecule has 3 nitrogen and oxygen atoms in total. The van der Waals surface area contributed by atoms with Crippen LogP contribution in [-0.4, -0.2) is 49.1 Å². The Labute approximate surface area is 184 Å². The molecule has 2 aromatic carbocycles. The molecule has 1 saturated heterocycles. The predicted octanol–water partition coefficient (Wildman–Crippen LogP) is 6.15. The Morgan fingerprint density at radius 3 is 1.93 bits per heavy atom. The van der Waals surface area contributed by atoms with Gasteiger partial charge in [-0.05, 0) is 49.1 Å². The molecule has 30 heavy (non-hydrogen) atoms. The highest BCUT2D eigenvalue weighted by atomic mass is 16.5. The molecule has 2 aliphatic rings. The van der Waals surface area contributed by atoms with Crippen LogP contribution in [0.5, 0.6) is 0 Å². The maximum absolute atomic E-state index is 6.03. The van der Waals surface area contributed by atoms with Crippen molar-refractivity contribution in [3.05, 3.63) is 59.7 Å². The summed E-state index contributed by atoms with van der Waals surface area (Å²) in [5, 5.41) is 0. The minimum Gasteiger partial charge on any atom is -0.374 e. The van der Waals surface area contributed by atoms with Crippen molar-refractivity contribution in [2.75, 3.05) is 33.2 Å². The first-order valence-corrected chi connectivity index (χ1v) is 11.9. The van der Waals surface area contributed by atoms with E-state index >= 15 is 0 Å². The number of ether oxygens (including phenoxy) is 1. The summed E-state index contributed by atoms with van der Waals surface area (Å²) in [4.78, 5) is 5.00. The summed E-state index contributed by atoms with van der Waals surface area (Å²) in [6.45, 7) is 11.7. The Morgan fingerprint density at radius 1 is 0.833 bits per heavy atom. The third-order valence-electron chi connectivity index (χ3n) is 6.55. The molecule has 0 amide bonds. The fourth-order valence-corrected chi connectivity index (χ4v) is 4.44. The van der Waals surface area contributed by atoms with E-state index in [0.717, 1.165) is 19.7 Å². The van der Waals surface area contributed by atoms with E-state index in [2.05, 4.69) is 72.3 Å². The second kappa shape index (κ2) is 11.6. The molecule has 3 heteroatoms. The molecule has 4 rings (SSSR count). The lowest BCUT2D eigenvalue weighted by molar-refractivity contribution is 0.0457. The van der Waals surface area contributed by atoms with Gasteiger partial charge >= 0.3 is 0 Å². The van der Waals surface area contributed by atoms with Crippen molar-refractivity contribution in [3.63, 3.8) is 0 Å². The van der Waals surface area contributed by atoms with Crippen LogP contribution in [-0.2, 0) is 11.3 Å². The van der Waals surface area contributed by atoms with Crippen LogP contribution in [0, 0.1) is 0 Å². The number of hydrogen-bond donors (Lipinski definition) is 0. The first-order chi connectivity index (χ1) is 14.7. The van der Waals surface area contributed by atoms with Crippen LogP contribution in [0.15, 0.2) is 48.5 Å². The van der Waals surface area contributed by atoms with Gasteiger partial charge in [0.25, 0.3) is 0 Å². The van der Waals surface area contributed by atoms with Crippen molar-refractivity contribution in [2.45, 2.75) is 65.2 Å². The Kier molecular flexibility index (Phi) is 8.92. The lowest BCUT2D eigenvalue weighted by atomic mass is 9.99. The van der Waals surface area contributed by atoms with Gasteiger partial charge < -0.3 is 9.64 Å². The fourth-order valence-electron chi connectivity index (χ4n) is 4.44. The smallest absolute Gasteiger partial charge is 0.0720 e. The highest BCUT2D eigenvalue weighted by molar-refractivity contribution is 5.64. The van der Waals surface area contributed by atoms with Gasteiger partial charge in [0.1, 0.15) is 0 Å². The molecule has 1 heterocycles. The van der Waals surface area contributed by atoms with Crippen molar-refractivity contribution in [1.29, 1.82) is 0 Å². The predicted molar refractivity (Wildman–Crippen MR) is 128 cm³/mol. The Balaban J connectivity index is 0.00000124. The molecule has 1 aliphatic carbocycles. The summed E-state index contributed by atoms with van der Waals surface area (Å²) in [5.74, 6) is 0. The van der Waals surface area contributed by atoms with Crippen LogP contribution in [0.25, 0.3) is 11.1 Å². The maximum Gasteiger partial charge on any atom is 0.0720 e. The summed E-state index contributed by atoms with van der Waals surface area (Å²) in [6.07, 6.45) is 5.60. The number of rotatable bonds is 6. The van der Waals surface area contributed by atoms with Crippen LogP contribution in [0.3, 0.4) is 0 Å². The second-order valence-corrected chi connectivity index (χ2v) is 8.55. The first-order valence-electron chi connectivity index (χ1n) is 11.9. The van der Waals surface area contributed by atoms with Crippen LogP contribution >= 0.6 is 0 Å². The van der Waals surface area contributed by atoms with E-state index in [4.69, 9.17) is 4.74 Å². The Bertz CT molecular complexity index is 726. The molecular formula is C27H40N2O. The van der Waals surface area contributed by atoms with Crippen molar-refractivity contribution in [3.8, 4) is 11.1 Å². The zero-order valence-electron chi connectivity index (χ0n) is 19.4. The molecule has 0 bridgehead atoms. The summed E-state index contributed by atoms with van der Waals surface area (Å²) in [6, 6.07) is 18.5. The lowest BCUT2D eigenvalue weighted by Crippen LogP contribution is -2.45. The van der Waals surface area contributed by atoms with E-state index in [1.807, 2.05) is 13.8 Å². The van der Waals surface area contributed by atoms with Gasteiger partial charge in [-0.3, -0.25) is 4.90 Å². The zero-order chi connectivity index (χ0) is 21.3. The van der Waals surface area contributed by atoms with Crippen molar-refractivity contribution < 1.29 is 4.74 Å². The van der Waals surface area contributed by atoms with E-state index in [9.17, 15) is 0 Å². The van der Waals surface area contributed by atoms with Crippen molar-refractivity contribution >= 4 is 0 Å². The molecular weight excluding hydrogens is 368 g/mol. The van der Waals surface area contributed by atoms with Gasteiger partial charge in [-0.1, -0.05) is 75.2 Å². The summed E-state index contributed by atoms with van der Waals surface area (Å²) >= 11 is 0. The molecule has 1 aliphatic heterocycles. The van der Waals surface area contributed by atoms with E-state index in [1.165, 1.54) is 61.0 Å². The molecule has 1 unspecified atom stereocenters. The highest BCUT2D eigenvalue weighted by Crippen LogP contribution is 2.26. The van der Waals surface area contributed by atoms with E-state index in [0.29, 0.717) is 12.1 Å². The van der Waals surface area contributed by atoms with Gasteiger partial charge in [0, 0.05) is 32.2 Å². The van der Waals surface area contributed by atoms with Crippen LogP contribution < -0.4 is 0 Å². The van der Waals surface area contributed by atoms with Crippen molar-refractivity contribution in [1.82, 2.24) is 9.80 Å². The SMILES string of the molecule is CC.CC(c1ccc(-c2ccc(COC3CCCC3)cc2)cc1)N1CCN(C)CC1. The lowest BCUT2D eigenvalue weighted by Gasteiger charge is -2.36. The molecule has 0 spiro atoms. The third-order valence-corrected chi connectivity index (χ3v) is 6.55. The Morgan fingerprint density at radius 2 is 1.37 bits per heavy atom. The highest BCUT2D eigenvalue weighted by Gasteiger charge is 2.20. The van der Waals surface area contributed by atoms with Crippen molar-refractivity contribution in [2.24, 2.45) is 0 Å². The average Bonchev–Trinajstić information content (AvgIpc) is 3.33. The molecule has 0 N–H and O–H groups in total. The molecule has 0 radical (unpaired) electrons. The standard InChI is InChI=1S/C25H34N2O.C2H6/c1-20(27-17-15-26(2)16-18-27)22-11-13-24(14-12-22)23-9-7-21(8-10-23)19-28-25-5-3-4-6-25;1-2/h7-14,20,25H,3-6,15-19H2,1-2H3;1-2H3. The molecule has 2 aromatic rings. The second-order valence-electron chi connectivity index (χ2n) is 8.55. The van der Waals surface area contributed by atoms with Gasteiger partial charge in [-0.2, -0.15) is 0 Å². The van der Waals surface area contributed by atoms with E-state index in [1.54, 1.807) is 0 Å². The fraction of sp³-hybridized carbons (Fsp3) is 0.556. The van der Waals surface area contributed by atoms with Crippen LogP contribution in [0.2, 0.25) is 0 Å². The minimum atomic E-state index is 0.481. The topological polar surface area (TPSA) is 15.7 Å². The quantitative estimate of drug-likeness (QED) is 0.570. The molecule has 1 atom stereocenters. The Hall–Kier alpha value is -1.68. The van der Waals surface area contributed by atoms with Crippen LogP contribution in [0.1, 0.15) is 63.6 Å². The van der Waals surface area contributed by atoms with Gasteiger partial charge in [0.2, 0.25) is 0 Å². The van der Waals surface area contributed by atoms with Gasteiger partial charge in [0.15, 0.2) is 0 Å². The normalized spacial score (nSPS) is 19.3. The van der Waals surface area contributed by atoms with Crippen LogP contribution in [0.4, 0.5) is 0 Å². The molecule has 164 valence electrons. The van der Waals surface area contributed by atoms with Gasteiger partial charge in [-0.25, -0.2) is 0 Å². The summed E-state index contributed by atoms with van der Waals surface area (Å²) < 4.78 is 6.03. The number of benzene rings is 2.